The Morgan fingerprint density at radius 2 is 1.97 bits per heavy atom. The van der Waals surface area contributed by atoms with Gasteiger partial charge in [0.15, 0.2) is 0 Å². The highest BCUT2D eigenvalue weighted by Crippen LogP contribution is 2.53. The van der Waals surface area contributed by atoms with E-state index in [-0.39, 0.29) is 42.7 Å². The Bertz CT molecular complexity index is 1460. The van der Waals surface area contributed by atoms with Crippen LogP contribution >= 0.6 is 0 Å². The molecule has 198 valence electrons. The number of benzene rings is 2. The van der Waals surface area contributed by atoms with Crippen molar-refractivity contribution < 1.29 is 24.2 Å². The number of methoxy groups -OCH3 is 1. The first kappa shape index (κ1) is 24.5. The predicted molar refractivity (Wildman–Crippen MR) is 142 cm³/mol. The summed E-state index contributed by atoms with van der Waals surface area (Å²) >= 11 is 0. The molecule has 3 heterocycles. The summed E-state index contributed by atoms with van der Waals surface area (Å²) < 4.78 is 5.42. The molecule has 4 atom stereocenters. The molecule has 2 aliphatic heterocycles. The van der Waals surface area contributed by atoms with Gasteiger partial charge in [0.2, 0.25) is 11.8 Å². The van der Waals surface area contributed by atoms with E-state index in [2.05, 4.69) is 15.6 Å². The van der Waals surface area contributed by atoms with Gasteiger partial charge in [0.1, 0.15) is 17.0 Å². The molecule has 3 amide bonds. The van der Waals surface area contributed by atoms with Gasteiger partial charge in [-0.1, -0.05) is 38.1 Å². The third kappa shape index (κ3) is 3.45. The first-order valence-electron chi connectivity index (χ1n) is 13.0. The first-order chi connectivity index (χ1) is 18.2. The number of aromatic amines is 1. The van der Waals surface area contributed by atoms with E-state index in [1.807, 2.05) is 56.3 Å². The summed E-state index contributed by atoms with van der Waals surface area (Å²) in [6.45, 7) is 3.97. The lowest BCUT2D eigenvalue weighted by atomic mass is 9.79. The lowest BCUT2D eigenvalue weighted by Gasteiger charge is -2.30. The monoisotopic (exact) mass is 516 g/mol. The number of para-hydroxylation sites is 1. The number of aliphatic hydroxyl groups is 1. The number of nitrogens with zero attached hydrogens (tertiary/aromatic N) is 1. The SMILES string of the molecule is COc1cccc2[nH]c(C(=O)NC3(C(=O)N4C[C@]5(C[C@H]4CO)C(=O)Nc4ccccc45)CC3C(C)C)cc12. The maximum atomic E-state index is 14.2. The Balaban J connectivity index is 1.32. The van der Waals surface area contributed by atoms with E-state index in [9.17, 15) is 19.5 Å². The molecule has 2 unspecified atom stereocenters. The largest absolute Gasteiger partial charge is 0.496 e. The number of nitrogens with one attached hydrogen (secondary N) is 3. The van der Waals surface area contributed by atoms with Crippen molar-refractivity contribution in [3.63, 3.8) is 0 Å². The number of likely N-dealkylation sites (tertiary alicyclic amines) is 1. The molecule has 0 radical (unpaired) electrons. The number of hydrogen-bond acceptors (Lipinski definition) is 5. The van der Waals surface area contributed by atoms with Gasteiger partial charge >= 0.3 is 0 Å². The van der Waals surface area contributed by atoms with Crippen molar-refractivity contribution in [2.24, 2.45) is 11.8 Å². The number of aliphatic hydroxyl groups excluding tert-OH is 1. The van der Waals surface area contributed by atoms with Gasteiger partial charge in [-0.3, -0.25) is 14.4 Å². The highest BCUT2D eigenvalue weighted by Gasteiger charge is 2.66. The summed E-state index contributed by atoms with van der Waals surface area (Å²) in [5.41, 5.74) is 0.680. The van der Waals surface area contributed by atoms with Crippen LogP contribution in [0.3, 0.4) is 0 Å². The molecule has 1 saturated carbocycles. The predicted octanol–water partition coefficient (Wildman–Crippen LogP) is 2.80. The molecule has 1 aliphatic carbocycles. The second-order valence-corrected chi connectivity index (χ2v) is 11.1. The third-order valence-electron chi connectivity index (χ3n) is 8.69. The zero-order valence-corrected chi connectivity index (χ0v) is 21.7. The zero-order chi connectivity index (χ0) is 26.8. The minimum Gasteiger partial charge on any atom is -0.496 e. The van der Waals surface area contributed by atoms with Crippen LogP contribution in [-0.2, 0) is 15.0 Å². The fourth-order valence-corrected chi connectivity index (χ4v) is 6.62. The Morgan fingerprint density at radius 3 is 2.68 bits per heavy atom. The molecule has 9 nitrogen and oxygen atoms in total. The van der Waals surface area contributed by atoms with E-state index in [1.54, 1.807) is 18.1 Å². The average Bonchev–Trinajstić information content (AvgIpc) is 3.20. The van der Waals surface area contributed by atoms with Crippen molar-refractivity contribution in [3.05, 3.63) is 59.8 Å². The molecule has 2 aromatic carbocycles. The second-order valence-electron chi connectivity index (χ2n) is 11.1. The molecule has 3 aliphatic rings. The third-order valence-corrected chi connectivity index (χ3v) is 8.69. The number of aromatic nitrogens is 1. The fourth-order valence-electron chi connectivity index (χ4n) is 6.62. The summed E-state index contributed by atoms with van der Waals surface area (Å²) in [5, 5.41) is 17.1. The summed E-state index contributed by atoms with van der Waals surface area (Å²) in [6, 6.07) is 14.2. The smallest absolute Gasteiger partial charge is 0.268 e. The maximum absolute atomic E-state index is 14.2. The fraction of sp³-hybridized carbons (Fsp3) is 0.414. The Kier molecular flexibility index (Phi) is 5.54. The normalized spacial score (nSPS) is 27.6. The molecule has 2 fully saturated rings. The molecule has 0 bridgehead atoms. The van der Waals surface area contributed by atoms with Gasteiger partial charge in [0.25, 0.3) is 5.91 Å². The molecule has 3 aromatic rings. The van der Waals surface area contributed by atoms with Crippen LogP contribution < -0.4 is 15.4 Å². The number of fused-ring (bicyclic) bond motifs is 3. The Morgan fingerprint density at radius 1 is 1.18 bits per heavy atom. The van der Waals surface area contributed by atoms with E-state index < -0.39 is 17.0 Å². The lowest BCUT2D eigenvalue weighted by molar-refractivity contribution is -0.136. The lowest BCUT2D eigenvalue weighted by Crippen LogP contribution is -2.55. The molecular formula is C29H32N4O5. The maximum Gasteiger partial charge on any atom is 0.268 e. The van der Waals surface area contributed by atoms with Crippen LogP contribution in [0.25, 0.3) is 10.9 Å². The summed E-state index contributed by atoms with van der Waals surface area (Å²) in [4.78, 5) is 45.7. The van der Waals surface area contributed by atoms with E-state index in [1.165, 1.54) is 0 Å². The van der Waals surface area contributed by atoms with Crippen molar-refractivity contribution in [2.75, 3.05) is 25.6 Å². The quantitative estimate of drug-likeness (QED) is 0.401. The van der Waals surface area contributed by atoms with Crippen LogP contribution in [0.5, 0.6) is 5.75 Å². The number of carbonyl (C=O) groups is 3. The number of anilines is 1. The van der Waals surface area contributed by atoms with Crippen molar-refractivity contribution in [1.29, 1.82) is 0 Å². The van der Waals surface area contributed by atoms with E-state index in [4.69, 9.17) is 4.74 Å². The van der Waals surface area contributed by atoms with E-state index in [0.29, 0.717) is 24.3 Å². The van der Waals surface area contributed by atoms with Crippen LogP contribution in [0, 0.1) is 11.8 Å². The molecule has 6 rings (SSSR count). The standard InChI is InChI=1S/C29H32N4O5/c1-16(2)20-13-29(20,32-25(35)23-11-18-21(30-23)9-6-10-24(18)38-3)27(37)33-15-28(12-17(33)14-34)19-7-4-5-8-22(19)31-26(28)36/h4-11,16-17,20,30,34H,12-15H2,1-3H3,(H,31,36)(H,32,35)/t17-,20?,28-,29?/m0/s1. The van der Waals surface area contributed by atoms with Crippen molar-refractivity contribution >= 4 is 34.3 Å². The topological polar surface area (TPSA) is 124 Å². The Hall–Kier alpha value is -3.85. The van der Waals surface area contributed by atoms with Crippen molar-refractivity contribution in [1.82, 2.24) is 15.2 Å². The minimum atomic E-state index is -1.10. The number of rotatable bonds is 6. The van der Waals surface area contributed by atoms with Crippen LogP contribution in [-0.4, -0.2) is 64.6 Å². The highest BCUT2D eigenvalue weighted by atomic mass is 16.5. The van der Waals surface area contributed by atoms with Gasteiger partial charge < -0.3 is 30.4 Å². The number of ether oxygens (including phenoxy) is 1. The van der Waals surface area contributed by atoms with Crippen LogP contribution in [0.2, 0.25) is 0 Å². The Labute approximate surface area is 220 Å². The molecule has 1 aromatic heterocycles. The number of amides is 3. The van der Waals surface area contributed by atoms with Gasteiger partial charge in [-0.25, -0.2) is 0 Å². The van der Waals surface area contributed by atoms with E-state index in [0.717, 1.165) is 22.2 Å². The van der Waals surface area contributed by atoms with Gasteiger partial charge in [0.05, 0.1) is 25.2 Å². The van der Waals surface area contributed by atoms with Crippen LogP contribution in [0.4, 0.5) is 5.69 Å². The number of hydrogen-bond donors (Lipinski definition) is 4. The van der Waals surface area contributed by atoms with Crippen molar-refractivity contribution in [2.45, 2.75) is 43.7 Å². The van der Waals surface area contributed by atoms with Gasteiger partial charge in [0, 0.05) is 23.1 Å². The second kappa shape index (κ2) is 8.59. The van der Waals surface area contributed by atoms with Crippen LogP contribution in [0.1, 0.15) is 42.7 Å². The van der Waals surface area contributed by atoms with Gasteiger partial charge in [-0.2, -0.15) is 0 Å². The summed E-state index contributed by atoms with van der Waals surface area (Å²) in [6.07, 6.45) is 0.833. The minimum absolute atomic E-state index is 0.0570. The number of carbonyl (C=O) groups excluding carboxylic acids is 3. The first-order valence-corrected chi connectivity index (χ1v) is 13.0. The van der Waals surface area contributed by atoms with Crippen LogP contribution in [0.15, 0.2) is 48.5 Å². The average molecular weight is 517 g/mol. The molecule has 1 saturated heterocycles. The summed E-state index contributed by atoms with van der Waals surface area (Å²) in [5.74, 6) is -0.0308. The molecule has 9 heteroatoms. The van der Waals surface area contributed by atoms with Gasteiger partial charge in [-0.15, -0.1) is 0 Å². The van der Waals surface area contributed by atoms with Crippen molar-refractivity contribution in [3.8, 4) is 5.75 Å². The highest BCUT2D eigenvalue weighted by molar-refractivity contribution is 6.08. The van der Waals surface area contributed by atoms with Gasteiger partial charge in [-0.05, 0) is 54.5 Å². The zero-order valence-electron chi connectivity index (χ0n) is 21.7. The summed E-state index contributed by atoms with van der Waals surface area (Å²) in [7, 11) is 1.58. The molecular weight excluding hydrogens is 484 g/mol. The molecule has 38 heavy (non-hydrogen) atoms. The number of H-pyrrole nitrogens is 1. The molecule has 4 N–H and O–H groups in total. The van der Waals surface area contributed by atoms with E-state index >= 15 is 0 Å². The molecule has 1 spiro atoms.